The average Bonchev–Trinajstić information content (AvgIpc) is 2.36. The van der Waals surface area contributed by atoms with E-state index in [1.165, 1.54) is 0 Å². The fourth-order valence-corrected chi connectivity index (χ4v) is 1.78. The molecule has 1 nitrogen and oxygen atoms in total. The summed E-state index contributed by atoms with van der Waals surface area (Å²) in [5, 5.41) is 2.75. The predicted molar refractivity (Wildman–Crippen MR) is 36.7 cm³/mol. The van der Waals surface area contributed by atoms with Gasteiger partial charge in [0.05, 0.1) is 5.41 Å². The van der Waals surface area contributed by atoms with Gasteiger partial charge in [0.15, 0.2) is 0 Å². The summed E-state index contributed by atoms with van der Waals surface area (Å²) in [6.07, 6.45) is -3.62. The molecule has 0 radical (unpaired) electrons. The van der Waals surface area contributed by atoms with E-state index in [4.69, 9.17) is 0 Å². The van der Waals surface area contributed by atoms with E-state index in [0.29, 0.717) is 13.0 Å². The van der Waals surface area contributed by atoms with Gasteiger partial charge in [-0.3, -0.25) is 0 Å². The van der Waals surface area contributed by atoms with Crippen LogP contribution < -0.4 is 5.32 Å². The monoisotopic (exact) mass is 187 g/mol. The number of rotatable bonds is 0. The SMILES string of the molecule is Cl.FC(F)(F)[C@]12CNC[C@H]1C2. The third-order valence-corrected chi connectivity index (χ3v) is 2.63. The first-order chi connectivity index (χ1) is 4.56. The van der Waals surface area contributed by atoms with Crippen molar-refractivity contribution in [3.05, 3.63) is 0 Å². The predicted octanol–water partition coefficient (Wildman–Crippen LogP) is 1.58. The zero-order chi connectivity index (χ0) is 7.41. The number of piperidine rings is 1. The third-order valence-electron chi connectivity index (χ3n) is 2.63. The van der Waals surface area contributed by atoms with Crippen LogP contribution in [0.2, 0.25) is 0 Å². The highest BCUT2D eigenvalue weighted by atomic mass is 35.5. The van der Waals surface area contributed by atoms with Gasteiger partial charge in [-0.2, -0.15) is 13.2 Å². The lowest BCUT2D eigenvalue weighted by Gasteiger charge is -2.15. The second kappa shape index (κ2) is 2.26. The number of halogens is 4. The Balaban J connectivity index is 0.000000605. The van der Waals surface area contributed by atoms with Crippen LogP contribution in [-0.4, -0.2) is 19.3 Å². The fourth-order valence-electron chi connectivity index (χ4n) is 1.78. The summed E-state index contributed by atoms with van der Waals surface area (Å²) in [7, 11) is 0. The molecule has 1 N–H and O–H groups in total. The van der Waals surface area contributed by atoms with Crippen LogP contribution in [0.25, 0.3) is 0 Å². The van der Waals surface area contributed by atoms with Crippen molar-refractivity contribution < 1.29 is 13.2 Å². The average molecular weight is 188 g/mol. The molecular formula is C6H9ClF3N. The molecule has 0 amide bonds. The highest BCUT2D eigenvalue weighted by Crippen LogP contribution is 2.63. The molecule has 11 heavy (non-hydrogen) atoms. The van der Waals surface area contributed by atoms with Crippen molar-refractivity contribution in [2.45, 2.75) is 12.6 Å². The van der Waals surface area contributed by atoms with Gasteiger partial charge < -0.3 is 5.32 Å². The molecule has 2 aliphatic rings. The molecule has 2 fully saturated rings. The normalized spacial score (nSPS) is 41.2. The van der Waals surface area contributed by atoms with Crippen molar-refractivity contribution in [3.63, 3.8) is 0 Å². The quantitative estimate of drug-likeness (QED) is 0.607. The first kappa shape index (κ1) is 9.13. The maximum Gasteiger partial charge on any atom is 0.396 e. The van der Waals surface area contributed by atoms with E-state index >= 15 is 0 Å². The van der Waals surface area contributed by atoms with Crippen LogP contribution >= 0.6 is 12.4 Å². The summed E-state index contributed by atoms with van der Waals surface area (Å²) in [6, 6.07) is 0. The van der Waals surface area contributed by atoms with Crippen molar-refractivity contribution in [2.24, 2.45) is 11.3 Å². The standard InChI is InChI=1S/C6H8F3N.ClH/c7-6(8,9)5-1-4(5)2-10-3-5;/h4,10H,1-3H2;1H/t4-,5-;/m1./s1. The van der Waals surface area contributed by atoms with Crippen molar-refractivity contribution >= 4 is 12.4 Å². The molecule has 0 aromatic carbocycles. The second-order valence-electron chi connectivity index (χ2n) is 3.19. The minimum absolute atomic E-state index is 0. The summed E-state index contributed by atoms with van der Waals surface area (Å²) >= 11 is 0. The molecule has 2 atom stereocenters. The van der Waals surface area contributed by atoms with Gasteiger partial charge in [-0.15, -0.1) is 12.4 Å². The molecule has 1 saturated carbocycles. The van der Waals surface area contributed by atoms with Crippen LogP contribution in [0.4, 0.5) is 13.2 Å². The van der Waals surface area contributed by atoms with Gasteiger partial charge >= 0.3 is 6.18 Å². The van der Waals surface area contributed by atoms with Gasteiger partial charge in [0.25, 0.3) is 0 Å². The molecular weight excluding hydrogens is 179 g/mol. The maximum absolute atomic E-state index is 12.1. The molecule has 1 aliphatic heterocycles. The van der Waals surface area contributed by atoms with Crippen LogP contribution in [-0.2, 0) is 0 Å². The molecule has 1 heterocycles. The van der Waals surface area contributed by atoms with Crippen molar-refractivity contribution in [2.75, 3.05) is 13.1 Å². The Morgan fingerprint density at radius 3 is 2.18 bits per heavy atom. The van der Waals surface area contributed by atoms with Crippen LogP contribution in [0.5, 0.6) is 0 Å². The summed E-state index contributed by atoms with van der Waals surface area (Å²) in [5.74, 6) is -0.118. The van der Waals surface area contributed by atoms with E-state index in [2.05, 4.69) is 5.32 Å². The lowest BCUT2D eigenvalue weighted by atomic mass is 10.1. The fraction of sp³-hybridized carbons (Fsp3) is 1.00. The van der Waals surface area contributed by atoms with Crippen molar-refractivity contribution in [3.8, 4) is 0 Å². The van der Waals surface area contributed by atoms with E-state index in [1.807, 2.05) is 0 Å². The summed E-state index contributed by atoms with van der Waals surface area (Å²) in [6.45, 7) is 0.695. The number of hydrogen-bond donors (Lipinski definition) is 1. The van der Waals surface area contributed by atoms with Crippen molar-refractivity contribution in [1.29, 1.82) is 0 Å². The Morgan fingerprint density at radius 1 is 1.36 bits per heavy atom. The van der Waals surface area contributed by atoms with E-state index in [-0.39, 0.29) is 24.9 Å². The van der Waals surface area contributed by atoms with Crippen LogP contribution in [0.15, 0.2) is 0 Å². The minimum atomic E-state index is -3.97. The van der Waals surface area contributed by atoms with E-state index in [0.717, 1.165) is 0 Å². The Morgan fingerprint density at radius 2 is 2.00 bits per heavy atom. The highest BCUT2D eigenvalue weighted by molar-refractivity contribution is 5.85. The molecule has 0 bridgehead atoms. The largest absolute Gasteiger partial charge is 0.396 e. The van der Waals surface area contributed by atoms with Gasteiger partial charge in [0.2, 0.25) is 0 Å². The van der Waals surface area contributed by atoms with Crippen LogP contribution in [0.1, 0.15) is 6.42 Å². The topological polar surface area (TPSA) is 12.0 Å². The van der Waals surface area contributed by atoms with E-state index < -0.39 is 11.6 Å². The van der Waals surface area contributed by atoms with Gasteiger partial charge in [-0.05, 0) is 18.9 Å². The first-order valence-electron chi connectivity index (χ1n) is 3.34. The highest BCUT2D eigenvalue weighted by Gasteiger charge is 2.72. The Hall–Kier alpha value is 0.0400. The first-order valence-corrected chi connectivity index (χ1v) is 3.34. The summed E-state index contributed by atoms with van der Waals surface area (Å²) in [5.41, 5.74) is -1.31. The molecule has 0 unspecified atom stereocenters. The number of fused-ring (bicyclic) bond motifs is 1. The zero-order valence-corrected chi connectivity index (χ0v) is 6.56. The Labute approximate surface area is 68.8 Å². The lowest BCUT2D eigenvalue weighted by Crippen LogP contribution is -2.30. The molecule has 1 saturated heterocycles. The van der Waals surface area contributed by atoms with Crippen LogP contribution in [0.3, 0.4) is 0 Å². The third kappa shape index (κ3) is 1.04. The van der Waals surface area contributed by atoms with E-state index in [1.54, 1.807) is 0 Å². The molecule has 0 aromatic heterocycles. The van der Waals surface area contributed by atoms with Gasteiger partial charge in [0, 0.05) is 6.54 Å². The smallest absolute Gasteiger partial charge is 0.316 e. The molecule has 5 heteroatoms. The number of hydrogen-bond acceptors (Lipinski definition) is 1. The minimum Gasteiger partial charge on any atom is -0.316 e. The van der Waals surface area contributed by atoms with Crippen molar-refractivity contribution in [1.82, 2.24) is 5.32 Å². The Kier molecular flexibility index (Phi) is 1.88. The van der Waals surface area contributed by atoms with E-state index in [9.17, 15) is 13.2 Å². The molecule has 0 aromatic rings. The molecule has 2 rings (SSSR count). The molecule has 1 aliphatic carbocycles. The molecule has 66 valence electrons. The second-order valence-corrected chi connectivity index (χ2v) is 3.19. The lowest BCUT2D eigenvalue weighted by molar-refractivity contribution is -0.185. The number of alkyl halides is 3. The zero-order valence-electron chi connectivity index (χ0n) is 5.74. The number of nitrogens with one attached hydrogen (secondary N) is 1. The molecule has 0 spiro atoms. The van der Waals surface area contributed by atoms with Crippen LogP contribution in [0, 0.1) is 11.3 Å². The van der Waals surface area contributed by atoms with Gasteiger partial charge in [-0.25, -0.2) is 0 Å². The summed E-state index contributed by atoms with van der Waals surface area (Å²) in [4.78, 5) is 0. The Bertz CT molecular complexity index is 170. The van der Waals surface area contributed by atoms with Gasteiger partial charge in [0.1, 0.15) is 0 Å². The van der Waals surface area contributed by atoms with Gasteiger partial charge in [-0.1, -0.05) is 0 Å². The summed E-state index contributed by atoms with van der Waals surface area (Å²) < 4.78 is 36.4. The maximum atomic E-state index is 12.1.